The summed E-state index contributed by atoms with van der Waals surface area (Å²) in [6.07, 6.45) is 4.05. The van der Waals surface area contributed by atoms with Crippen molar-refractivity contribution in [3.8, 4) is 0 Å². The van der Waals surface area contributed by atoms with Gasteiger partial charge in [-0.3, -0.25) is 4.79 Å². The van der Waals surface area contributed by atoms with Gasteiger partial charge in [0.2, 0.25) is 0 Å². The van der Waals surface area contributed by atoms with Crippen molar-refractivity contribution in [3.05, 3.63) is 21.6 Å². The van der Waals surface area contributed by atoms with Gasteiger partial charge < -0.3 is 10.6 Å². The summed E-state index contributed by atoms with van der Waals surface area (Å²) in [6.45, 7) is 2.95. The second kappa shape index (κ2) is 5.28. The maximum Gasteiger partial charge on any atom is 0.287 e. The molecule has 1 atom stereocenters. The number of nitrogens with two attached hydrogens (primary N) is 1. The highest BCUT2D eigenvalue weighted by molar-refractivity contribution is 6.33. The van der Waals surface area contributed by atoms with Gasteiger partial charge >= 0.3 is 0 Å². The van der Waals surface area contributed by atoms with Gasteiger partial charge in [0, 0.05) is 26.2 Å². The molecule has 6 heteroatoms. The highest BCUT2D eigenvalue weighted by atomic mass is 35.5. The lowest BCUT2D eigenvalue weighted by Gasteiger charge is -2.29. The quantitative estimate of drug-likeness (QED) is 0.870. The van der Waals surface area contributed by atoms with Crippen molar-refractivity contribution >= 4 is 17.3 Å². The van der Waals surface area contributed by atoms with Crippen LogP contribution in [0.4, 0.5) is 5.69 Å². The molecule has 5 nitrogen and oxygen atoms in total. The van der Waals surface area contributed by atoms with Crippen molar-refractivity contribution in [3.63, 3.8) is 0 Å². The summed E-state index contributed by atoms with van der Waals surface area (Å²) in [6, 6.07) is 0.237. The zero-order chi connectivity index (χ0) is 13.3. The van der Waals surface area contributed by atoms with E-state index in [1.54, 1.807) is 6.20 Å². The zero-order valence-electron chi connectivity index (χ0n) is 10.8. The standard InChI is InChI=1S/C12H19ClN4O/c1-3-17-12(18)11(13)10(7-15-17)16(2)9(6-14)8-4-5-8/h7-9H,3-6,14H2,1-2H3. The first-order valence-corrected chi connectivity index (χ1v) is 6.66. The molecule has 1 aliphatic carbocycles. The fourth-order valence-corrected chi connectivity index (χ4v) is 2.53. The molecule has 1 unspecified atom stereocenters. The number of hydrogen-bond donors (Lipinski definition) is 1. The average Bonchev–Trinajstić information content (AvgIpc) is 3.18. The second-order valence-electron chi connectivity index (χ2n) is 4.72. The third-order valence-electron chi connectivity index (χ3n) is 3.55. The molecule has 2 N–H and O–H groups in total. The summed E-state index contributed by atoms with van der Waals surface area (Å²) < 4.78 is 1.36. The molecule has 0 aliphatic heterocycles. The molecule has 0 aromatic carbocycles. The summed E-state index contributed by atoms with van der Waals surface area (Å²) in [7, 11) is 1.93. The molecule has 18 heavy (non-hydrogen) atoms. The lowest BCUT2D eigenvalue weighted by Crippen LogP contribution is -2.41. The number of halogens is 1. The molecule has 1 aliphatic rings. The Balaban J connectivity index is 2.32. The second-order valence-corrected chi connectivity index (χ2v) is 5.09. The molecule has 0 amide bonds. The summed E-state index contributed by atoms with van der Waals surface area (Å²) >= 11 is 6.14. The number of anilines is 1. The monoisotopic (exact) mass is 270 g/mol. The van der Waals surface area contributed by atoms with E-state index in [0.29, 0.717) is 24.7 Å². The Bertz CT molecular complexity index is 483. The van der Waals surface area contributed by atoms with E-state index < -0.39 is 0 Å². The van der Waals surface area contributed by atoms with Crippen LogP contribution in [0.15, 0.2) is 11.0 Å². The lowest BCUT2D eigenvalue weighted by molar-refractivity contribution is 0.563. The van der Waals surface area contributed by atoms with E-state index in [4.69, 9.17) is 17.3 Å². The molecular formula is C12H19ClN4O. The van der Waals surface area contributed by atoms with Crippen molar-refractivity contribution in [2.24, 2.45) is 11.7 Å². The Labute approximate surface area is 112 Å². The zero-order valence-corrected chi connectivity index (χ0v) is 11.5. The van der Waals surface area contributed by atoms with Crippen LogP contribution >= 0.6 is 11.6 Å². The van der Waals surface area contributed by atoms with Crippen molar-refractivity contribution in [1.82, 2.24) is 9.78 Å². The van der Waals surface area contributed by atoms with Crippen molar-refractivity contribution in [2.75, 3.05) is 18.5 Å². The molecule has 0 spiro atoms. The van der Waals surface area contributed by atoms with Gasteiger partial charge in [-0.25, -0.2) is 4.68 Å². The molecule has 100 valence electrons. The van der Waals surface area contributed by atoms with E-state index in [0.717, 1.165) is 0 Å². The van der Waals surface area contributed by atoms with E-state index in [9.17, 15) is 4.79 Å². The minimum absolute atomic E-state index is 0.230. The summed E-state index contributed by atoms with van der Waals surface area (Å²) in [4.78, 5) is 13.9. The SMILES string of the molecule is CCn1ncc(N(C)C(CN)C2CC2)c(Cl)c1=O. The maximum absolute atomic E-state index is 11.9. The van der Waals surface area contributed by atoms with E-state index in [1.165, 1.54) is 17.5 Å². The summed E-state index contributed by atoms with van der Waals surface area (Å²) in [5.74, 6) is 0.615. The molecule has 1 aromatic rings. The predicted octanol–water partition coefficient (Wildman–Crippen LogP) is 1.09. The van der Waals surface area contributed by atoms with Gasteiger partial charge in [-0.15, -0.1) is 0 Å². The molecule has 1 fully saturated rings. The van der Waals surface area contributed by atoms with Crippen molar-refractivity contribution < 1.29 is 0 Å². The fraction of sp³-hybridized carbons (Fsp3) is 0.667. The Morgan fingerprint density at radius 3 is 2.83 bits per heavy atom. The topological polar surface area (TPSA) is 64.2 Å². The highest BCUT2D eigenvalue weighted by Crippen LogP contribution is 2.36. The van der Waals surface area contributed by atoms with Gasteiger partial charge in [-0.05, 0) is 25.7 Å². The number of rotatable bonds is 5. The first kappa shape index (κ1) is 13.4. The average molecular weight is 271 g/mol. The van der Waals surface area contributed by atoms with Crippen LogP contribution in [0.5, 0.6) is 0 Å². The summed E-state index contributed by atoms with van der Waals surface area (Å²) in [5, 5.41) is 4.34. The van der Waals surface area contributed by atoms with Crippen LogP contribution in [0.2, 0.25) is 5.02 Å². The summed E-state index contributed by atoms with van der Waals surface area (Å²) in [5.41, 5.74) is 6.24. The molecule has 2 rings (SSSR count). The van der Waals surface area contributed by atoms with Gasteiger partial charge in [0.25, 0.3) is 5.56 Å². The van der Waals surface area contributed by atoms with Gasteiger partial charge in [-0.1, -0.05) is 11.6 Å². The third-order valence-corrected chi connectivity index (χ3v) is 3.91. The van der Waals surface area contributed by atoms with E-state index >= 15 is 0 Å². The van der Waals surface area contributed by atoms with E-state index in [1.807, 2.05) is 18.9 Å². The minimum Gasteiger partial charge on any atom is -0.367 e. The van der Waals surface area contributed by atoms with Gasteiger partial charge in [0.05, 0.1) is 11.9 Å². The third kappa shape index (κ3) is 2.37. The van der Waals surface area contributed by atoms with Crippen LogP contribution in [0.1, 0.15) is 19.8 Å². The van der Waals surface area contributed by atoms with Crippen LogP contribution in [0.3, 0.4) is 0 Å². The molecule has 0 radical (unpaired) electrons. The molecule has 1 aromatic heterocycles. The Kier molecular flexibility index (Phi) is 3.92. The smallest absolute Gasteiger partial charge is 0.287 e. The van der Waals surface area contributed by atoms with Crippen LogP contribution in [-0.2, 0) is 6.54 Å². The largest absolute Gasteiger partial charge is 0.367 e. The molecule has 0 saturated heterocycles. The Morgan fingerprint density at radius 1 is 1.67 bits per heavy atom. The van der Waals surface area contributed by atoms with E-state index in [2.05, 4.69) is 5.10 Å². The normalized spacial score (nSPS) is 16.7. The predicted molar refractivity (Wildman–Crippen MR) is 73.2 cm³/mol. The number of likely N-dealkylation sites (N-methyl/N-ethyl adjacent to an activating group) is 1. The van der Waals surface area contributed by atoms with Gasteiger partial charge in [-0.2, -0.15) is 5.10 Å². The van der Waals surface area contributed by atoms with Crippen molar-refractivity contribution in [1.29, 1.82) is 0 Å². The lowest BCUT2D eigenvalue weighted by atomic mass is 10.1. The van der Waals surface area contributed by atoms with Crippen LogP contribution in [0.25, 0.3) is 0 Å². The van der Waals surface area contributed by atoms with Gasteiger partial charge in [0.1, 0.15) is 5.02 Å². The van der Waals surface area contributed by atoms with Crippen LogP contribution in [-0.4, -0.2) is 29.4 Å². The molecule has 1 saturated carbocycles. The number of aromatic nitrogens is 2. The molecule has 1 heterocycles. The number of hydrogen-bond acceptors (Lipinski definition) is 4. The Morgan fingerprint density at radius 2 is 2.33 bits per heavy atom. The fourth-order valence-electron chi connectivity index (χ4n) is 2.25. The first-order valence-electron chi connectivity index (χ1n) is 6.28. The van der Waals surface area contributed by atoms with Crippen LogP contribution in [0, 0.1) is 5.92 Å². The molecular weight excluding hydrogens is 252 g/mol. The molecule has 0 bridgehead atoms. The van der Waals surface area contributed by atoms with Crippen molar-refractivity contribution in [2.45, 2.75) is 32.4 Å². The highest BCUT2D eigenvalue weighted by Gasteiger charge is 2.34. The van der Waals surface area contributed by atoms with Gasteiger partial charge in [0.15, 0.2) is 0 Å². The Hall–Kier alpha value is -1.07. The van der Waals surface area contributed by atoms with Crippen LogP contribution < -0.4 is 16.2 Å². The number of aryl methyl sites for hydroxylation is 1. The number of nitrogens with zero attached hydrogens (tertiary/aromatic N) is 3. The van der Waals surface area contributed by atoms with E-state index in [-0.39, 0.29) is 16.6 Å². The maximum atomic E-state index is 11.9. The first-order chi connectivity index (χ1) is 8.60. The minimum atomic E-state index is -0.241.